The van der Waals surface area contributed by atoms with Crippen molar-refractivity contribution in [3.63, 3.8) is 0 Å². The van der Waals surface area contributed by atoms with Gasteiger partial charge in [0.05, 0.1) is 16.1 Å². The van der Waals surface area contributed by atoms with E-state index in [0.29, 0.717) is 0 Å². The molecule has 2 rings (SSSR count). The summed E-state index contributed by atoms with van der Waals surface area (Å²) in [5.74, 6) is 0.823. The van der Waals surface area contributed by atoms with Crippen molar-refractivity contribution in [2.24, 2.45) is 0 Å². The Labute approximate surface area is 121 Å². The van der Waals surface area contributed by atoms with Crippen molar-refractivity contribution in [1.82, 2.24) is 0 Å². The second-order valence-corrected chi connectivity index (χ2v) is 5.95. The van der Waals surface area contributed by atoms with E-state index < -0.39 is 0 Å². The number of rotatable bonds is 4. The SMILES string of the molecule is COc1c(Br)cc(CNc2ccsc2)cc1Br. The molecule has 0 unspecified atom stereocenters. The Morgan fingerprint density at radius 2 is 2.00 bits per heavy atom. The molecule has 90 valence electrons. The van der Waals surface area contributed by atoms with Gasteiger partial charge in [0, 0.05) is 17.6 Å². The van der Waals surface area contributed by atoms with Crippen molar-refractivity contribution in [2.75, 3.05) is 12.4 Å². The molecule has 17 heavy (non-hydrogen) atoms. The molecular formula is C12H11Br2NOS. The highest BCUT2D eigenvalue weighted by Gasteiger charge is 2.07. The van der Waals surface area contributed by atoms with E-state index in [1.165, 1.54) is 5.56 Å². The Morgan fingerprint density at radius 1 is 1.29 bits per heavy atom. The monoisotopic (exact) mass is 375 g/mol. The van der Waals surface area contributed by atoms with Gasteiger partial charge in [-0.1, -0.05) is 0 Å². The highest BCUT2D eigenvalue weighted by molar-refractivity contribution is 9.11. The third-order valence-electron chi connectivity index (χ3n) is 2.28. The van der Waals surface area contributed by atoms with Gasteiger partial charge in [0.1, 0.15) is 5.75 Å². The molecule has 0 aliphatic carbocycles. The molecule has 2 aromatic rings. The lowest BCUT2D eigenvalue weighted by atomic mass is 10.2. The fourth-order valence-corrected chi connectivity index (χ4v) is 3.70. The van der Waals surface area contributed by atoms with Crippen molar-refractivity contribution in [3.05, 3.63) is 43.5 Å². The predicted octanol–water partition coefficient (Wildman–Crippen LogP) is 4.89. The Kier molecular flexibility index (Phi) is 4.48. The predicted molar refractivity (Wildman–Crippen MR) is 80.0 cm³/mol. The van der Waals surface area contributed by atoms with Gasteiger partial charge in [-0.15, -0.1) is 0 Å². The smallest absolute Gasteiger partial charge is 0.147 e. The Bertz CT molecular complexity index is 476. The first kappa shape index (κ1) is 12.9. The van der Waals surface area contributed by atoms with Crippen LogP contribution in [-0.2, 0) is 6.54 Å². The van der Waals surface area contributed by atoms with E-state index in [4.69, 9.17) is 4.74 Å². The summed E-state index contributed by atoms with van der Waals surface area (Å²) in [6.45, 7) is 0.790. The molecule has 0 amide bonds. The Morgan fingerprint density at radius 3 is 2.53 bits per heavy atom. The zero-order valence-electron chi connectivity index (χ0n) is 9.17. The summed E-state index contributed by atoms with van der Waals surface area (Å²) in [7, 11) is 1.66. The molecule has 0 bridgehead atoms. The lowest BCUT2D eigenvalue weighted by Gasteiger charge is -2.10. The minimum Gasteiger partial charge on any atom is -0.494 e. The first-order chi connectivity index (χ1) is 8.20. The second kappa shape index (κ2) is 5.89. The minimum absolute atomic E-state index is 0.790. The highest BCUT2D eigenvalue weighted by atomic mass is 79.9. The molecular weight excluding hydrogens is 366 g/mol. The summed E-state index contributed by atoms with van der Waals surface area (Å²) >= 11 is 8.68. The number of hydrogen-bond donors (Lipinski definition) is 1. The van der Waals surface area contributed by atoms with Crippen LogP contribution in [0, 0.1) is 0 Å². The van der Waals surface area contributed by atoms with Crippen molar-refractivity contribution in [2.45, 2.75) is 6.54 Å². The van der Waals surface area contributed by atoms with Gasteiger partial charge in [-0.3, -0.25) is 0 Å². The number of hydrogen-bond acceptors (Lipinski definition) is 3. The van der Waals surface area contributed by atoms with E-state index in [2.05, 4.69) is 66.1 Å². The van der Waals surface area contributed by atoms with E-state index in [0.717, 1.165) is 26.9 Å². The summed E-state index contributed by atoms with van der Waals surface area (Å²) in [5, 5.41) is 7.51. The molecule has 0 saturated carbocycles. The minimum atomic E-state index is 0.790. The van der Waals surface area contributed by atoms with Crippen LogP contribution in [0.15, 0.2) is 37.9 Å². The molecule has 1 heterocycles. The lowest BCUT2D eigenvalue weighted by molar-refractivity contribution is 0.409. The first-order valence-corrected chi connectivity index (χ1v) is 7.51. The van der Waals surface area contributed by atoms with Crippen LogP contribution in [0.2, 0.25) is 0 Å². The van der Waals surface area contributed by atoms with Crippen molar-refractivity contribution < 1.29 is 4.74 Å². The summed E-state index contributed by atoms with van der Waals surface area (Å²) in [5.41, 5.74) is 2.34. The van der Waals surface area contributed by atoms with Gasteiger partial charge in [-0.25, -0.2) is 0 Å². The molecule has 1 N–H and O–H groups in total. The van der Waals surface area contributed by atoms with Crippen LogP contribution in [0.25, 0.3) is 0 Å². The van der Waals surface area contributed by atoms with E-state index in [9.17, 15) is 0 Å². The summed E-state index contributed by atoms with van der Waals surface area (Å²) < 4.78 is 7.18. The average Bonchev–Trinajstić information content (AvgIpc) is 2.79. The molecule has 0 spiro atoms. The molecule has 0 atom stereocenters. The summed E-state index contributed by atoms with van der Waals surface area (Å²) in [6.07, 6.45) is 0. The van der Waals surface area contributed by atoms with Gasteiger partial charge in [0.15, 0.2) is 0 Å². The largest absolute Gasteiger partial charge is 0.494 e. The molecule has 1 aromatic carbocycles. The van der Waals surface area contributed by atoms with E-state index in [1.807, 2.05) is 0 Å². The Balaban J connectivity index is 2.12. The standard InChI is InChI=1S/C12H11Br2NOS/c1-16-12-10(13)4-8(5-11(12)14)6-15-9-2-3-17-7-9/h2-5,7,15H,6H2,1H3. The highest BCUT2D eigenvalue weighted by Crippen LogP contribution is 2.34. The number of halogens is 2. The van der Waals surface area contributed by atoms with Crippen LogP contribution in [-0.4, -0.2) is 7.11 Å². The maximum atomic E-state index is 5.27. The molecule has 0 fully saturated rings. The van der Waals surface area contributed by atoms with Gasteiger partial charge >= 0.3 is 0 Å². The van der Waals surface area contributed by atoms with Gasteiger partial charge < -0.3 is 10.1 Å². The fraction of sp³-hybridized carbons (Fsp3) is 0.167. The molecule has 5 heteroatoms. The van der Waals surface area contributed by atoms with Crippen molar-refractivity contribution >= 4 is 48.9 Å². The number of nitrogens with one attached hydrogen (secondary N) is 1. The van der Waals surface area contributed by atoms with Gasteiger partial charge in [0.2, 0.25) is 0 Å². The zero-order chi connectivity index (χ0) is 12.3. The van der Waals surface area contributed by atoms with Crippen LogP contribution in [0.4, 0.5) is 5.69 Å². The van der Waals surface area contributed by atoms with E-state index >= 15 is 0 Å². The maximum absolute atomic E-state index is 5.27. The third kappa shape index (κ3) is 3.24. The van der Waals surface area contributed by atoms with Crippen molar-refractivity contribution in [1.29, 1.82) is 0 Å². The third-order valence-corrected chi connectivity index (χ3v) is 4.14. The van der Waals surface area contributed by atoms with Crippen LogP contribution >= 0.6 is 43.2 Å². The summed E-state index contributed by atoms with van der Waals surface area (Å²) in [4.78, 5) is 0. The molecule has 1 aromatic heterocycles. The Hall–Kier alpha value is -0.520. The molecule has 0 aliphatic heterocycles. The summed E-state index contributed by atoms with van der Waals surface area (Å²) in [6, 6.07) is 6.18. The van der Waals surface area contributed by atoms with Crippen LogP contribution in [0.5, 0.6) is 5.75 Å². The zero-order valence-corrected chi connectivity index (χ0v) is 13.2. The number of anilines is 1. The molecule has 0 saturated heterocycles. The van der Waals surface area contributed by atoms with Crippen LogP contribution in [0.1, 0.15) is 5.56 Å². The quantitative estimate of drug-likeness (QED) is 0.819. The average molecular weight is 377 g/mol. The number of methoxy groups -OCH3 is 1. The molecule has 2 nitrogen and oxygen atoms in total. The molecule has 0 radical (unpaired) electrons. The van der Waals surface area contributed by atoms with Crippen LogP contribution < -0.4 is 10.1 Å². The number of ether oxygens (including phenoxy) is 1. The van der Waals surface area contributed by atoms with E-state index in [-0.39, 0.29) is 0 Å². The van der Waals surface area contributed by atoms with E-state index in [1.54, 1.807) is 18.4 Å². The fourth-order valence-electron chi connectivity index (χ4n) is 1.48. The van der Waals surface area contributed by atoms with Gasteiger partial charge in [-0.05, 0) is 61.0 Å². The normalized spacial score (nSPS) is 10.3. The number of benzene rings is 1. The first-order valence-electron chi connectivity index (χ1n) is 4.98. The maximum Gasteiger partial charge on any atom is 0.147 e. The lowest BCUT2D eigenvalue weighted by Crippen LogP contribution is -1.99. The van der Waals surface area contributed by atoms with Crippen LogP contribution in [0.3, 0.4) is 0 Å². The van der Waals surface area contributed by atoms with Gasteiger partial charge in [-0.2, -0.15) is 11.3 Å². The number of thiophene rings is 1. The topological polar surface area (TPSA) is 21.3 Å². The van der Waals surface area contributed by atoms with Gasteiger partial charge in [0.25, 0.3) is 0 Å². The molecule has 0 aliphatic rings. The van der Waals surface area contributed by atoms with Crippen molar-refractivity contribution in [3.8, 4) is 5.75 Å². The second-order valence-electron chi connectivity index (χ2n) is 3.46.